The van der Waals surface area contributed by atoms with Gasteiger partial charge >= 0.3 is 0 Å². The Bertz CT molecular complexity index is 919. The summed E-state index contributed by atoms with van der Waals surface area (Å²) in [7, 11) is 4.51. The molecule has 0 aliphatic heterocycles. The van der Waals surface area contributed by atoms with Gasteiger partial charge in [-0.3, -0.25) is 9.59 Å². The molecule has 1 aromatic heterocycles. The number of nitrogens with zero attached hydrogens (tertiary/aromatic N) is 1. The Hall–Kier alpha value is -2.65. The van der Waals surface area contributed by atoms with Crippen LogP contribution in [0.15, 0.2) is 34.9 Å². The number of ether oxygens (including phenoxy) is 4. The maximum Gasteiger partial charge on any atom is 0.252 e. The topological polar surface area (TPSA) is 96.0 Å². The lowest BCUT2D eigenvalue weighted by molar-refractivity contribution is 0.0647. The number of ketones is 1. The van der Waals surface area contributed by atoms with Crippen LogP contribution in [0.1, 0.15) is 34.7 Å². The highest BCUT2D eigenvalue weighted by Gasteiger charge is 2.25. The van der Waals surface area contributed by atoms with Crippen LogP contribution in [-0.4, -0.2) is 57.3 Å². The molecular weight excluding hydrogens is 468 g/mol. The summed E-state index contributed by atoms with van der Waals surface area (Å²) in [6.45, 7) is 4.47. The standard InChI is InChI=1S/C22H27BrN2O6/c1-13(2)11-31-12-16(20(26)15-7-9-18(29-4)21(23)24-15)25-22(27)14-6-8-17(28-3)19(10-14)30-5/h6-10,13,16H,11-12H2,1-5H3,(H,25,27). The maximum atomic E-state index is 13.1. The number of carbonyl (C=O) groups excluding carboxylic acids is 2. The molecule has 1 atom stereocenters. The van der Waals surface area contributed by atoms with Crippen LogP contribution in [0.5, 0.6) is 17.2 Å². The summed E-state index contributed by atoms with van der Waals surface area (Å²) < 4.78 is 21.7. The highest BCUT2D eigenvalue weighted by molar-refractivity contribution is 9.10. The third-order valence-corrected chi connectivity index (χ3v) is 4.86. The number of methoxy groups -OCH3 is 3. The molecule has 0 radical (unpaired) electrons. The van der Waals surface area contributed by atoms with E-state index in [9.17, 15) is 9.59 Å². The van der Waals surface area contributed by atoms with Crippen molar-refractivity contribution < 1.29 is 28.5 Å². The van der Waals surface area contributed by atoms with Crippen molar-refractivity contribution >= 4 is 27.6 Å². The number of pyridine rings is 1. The van der Waals surface area contributed by atoms with Gasteiger partial charge in [0, 0.05) is 12.2 Å². The number of carbonyl (C=O) groups is 2. The average molecular weight is 495 g/mol. The number of hydrogen-bond donors (Lipinski definition) is 1. The van der Waals surface area contributed by atoms with Gasteiger partial charge in [0.25, 0.3) is 5.91 Å². The maximum absolute atomic E-state index is 13.1. The molecule has 0 spiro atoms. The third kappa shape index (κ3) is 6.67. The van der Waals surface area contributed by atoms with Gasteiger partial charge in [0.05, 0.1) is 27.9 Å². The lowest BCUT2D eigenvalue weighted by Crippen LogP contribution is -2.44. The van der Waals surface area contributed by atoms with E-state index in [-0.39, 0.29) is 24.0 Å². The van der Waals surface area contributed by atoms with Crippen molar-refractivity contribution in [1.29, 1.82) is 0 Å². The number of nitrogens with one attached hydrogen (secondary N) is 1. The van der Waals surface area contributed by atoms with E-state index >= 15 is 0 Å². The number of Topliss-reactive ketones (excluding diaryl/α,β-unsaturated/α-hetero) is 1. The largest absolute Gasteiger partial charge is 0.494 e. The minimum atomic E-state index is -0.924. The Morgan fingerprint density at radius 3 is 2.19 bits per heavy atom. The first kappa shape index (κ1) is 24.6. The first-order chi connectivity index (χ1) is 14.8. The van der Waals surface area contributed by atoms with Gasteiger partial charge < -0.3 is 24.3 Å². The smallest absolute Gasteiger partial charge is 0.252 e. The zero-order chi connectivity index (χ0) is 23.0. The van der Waals surface area contributed by atoms with Crippen molar-refractivity contribution in [3.63, 3.8) is 0 Å². The monoisotopic (exact) mass is 494 g/mol. The predicted octanol–water partition coefficient (Wildman–Crippen LogP) is 3.52. The number of rotatable bonds is 11. The van der Waals surface area contributed by atoms with Gasteiger partial charge in [-0.2, -0.15) is 0 Å². The van der Waals surface area contributed by atoms with Crippen molar-refractivity contribution in [3.05, 3.63) is 46.2 Å². The Morgan fingerprint density at radius 1 is 0.968 bits per heavy atom. The zero-order valence-corrected chi connectivity index (χ0v) is 19.8. The second-order valence-electron chi connectivity index (χ2n) is 7.08. The van der Waals surface area contributed by atoms with Crippen molar-refractivity contribution in [2.75, 3.05) is 34.5 Å². The van der Waals surface area contributed by atoms with Gasteiger partial charge in [0.2, 0.25) is 5.78 Å². The highest BCUT2D eigenvalue weighted by Crippen LogP contribution is 2.27. The molecule has 2 rings (SSSR count). The van der Waals surface area contributed by atoms with Crippen LogP contribution in [-0.2, 0) is 4.74 Å². The van der Waals surface area contributed by atoms with Crippen LogP contribution in [0.4, 0.5) is 0 Å². The highest BCUT2D eigenvalue weighted by atomic mass is 79.9. The number of halogens is 1. The quantitative estimate of drug-likeness (QED) is 0.377. The molecule has 2 aromatic rings. The Balaban J connectivity index is 2.25. The van der Waals surface area contributed by atoms with Gasteiger partial charge in [-0.1, -0.05) is 13.8 Å². The lowest BCUT2D eigenvalue weighted by atomic mass is 10.1. The second-order valence-corrected chi connectivity index (χ2v) is 7.83. The SMILES string of the molecule is COc1ccc(C(=O)NC(COCC(C)C)C(=O)c2ccc(OC)c(Br)n2)cc1OC. The molecule has 1 aromatic carbocycles. The molecule has 0 bridgehead atoms. The molecular formula is C22H27BrN2O6. The number of aromatic nitrogens is 1. The van der Waals surface area contributed by atoms with E-state index in [1.165, 1.54) is 21.3 Å². The molecule has 0 saturated carbocycles. The summed E-state index contributed by atoms with van der Waals surface area (Å²) in [6.07, 6.45) is 0. The van der Waals surface area contributed by atoms with Gasteiger partial charge in [-0.25, -0.2) is 4.98 Å². The molecule has 31 heavy (non-hydrogen) atoms. The predicted molar refractivity (Wildman–Crippen MR) is 119 cm³/mol. The van der Waals surface area contributed by atoms with Crippen molar-refractivity contribution in [2.24, 2.45) is 5.92 Å². The Kier molecular flexibility index (Phi) is 9.26. The Labute approximate surface area is 190 Å². The first-order valence-corrected chi connectivity index (χ1v) is 10.4. The van der Waals surface area contributed by atoms with Gasteiger partial charge in [-0.15, -0.1) is 0 Å². The fraction of sp³-hybridized carbons (Fsp3) is 0.409. The molecule has 9 heteroatoms. The van der Waals surface area contributed by atoms with Crippen molar-refractivity contribution in [2.45, 2.75) is 19.9 Å². The molecule has 0 aliphatic carbocycles. The molecule has 0 fully saturated rings. The van der Waals surface area contributed by atoms with E-state index in [0.29, 0.717) is 34.0 Å². The van der Waals surface area contributed by atoms with Crippen molar-refractivity contribution in [3.8, 4) is 17.2 Å². The van der Waals surface area contributed by atoms with E-state index in [1.807, 2.05) is 13.8 Å². The molecule has 1 unspecified atom stereocenters. The van der Waals surface area contributed by atoms with Gasteiger partial charge in [0.15, 0.2) is 17.2 Å². The minimum absolute atomic E-state index is 0.0152. The first-order valence-electron chi connectivity index (χ1n) is 9.66. The van der Waals surface area contributed by atoms with E-state index in [1.54, 1.807) is 30.3 Å². The second kappa shape index (κ2) is 11.7. The van der Waals surface area contributed by atoms with Crippen LogP contribution in [0.25, 0.3) is 0 Å². The van der Waals surface area contributed by atoms with Gasteiger partial charge in [0.1, 0.15) is 16.3 Å². The minimum Gasteiger partial charge on any atom is -0.494 e. The lowest BCUT2D eigenvalue weighted by Gasteiger charge is -2.19. The van der Waals surface area contributed by atoms with Crippen LogP contribution >= 0.6 is 15.9 Å². The summed E-state index contributed by atoms with van der Waals surface area (Å²) in [6, 6.07) is 7.02. The number of benzene rings is 1. The molecule has 8 nitrogen and oxygen atoms in total. The summed E-state index contributed by atoms with van der Waals surface area (Å²) in [5.74, 6) is 0.874. The summed E-state index contributed by atoms with van der Waals surface area (Å²) in [5.41, 5.74) is 0.501. The zero-order valence-electron chi connectivity index (χ0n) is 18.2. The van der Waals surface area contributed by atoms with Gasteiger partial charge in [-0.05, 0) is 52.2 Å². The van der Waals surface area contributed by atoms with Crippen LogP contribution in [0.2, 0.25) is 0 Å². The molecule has 1 heterocycles. The molecule has 168 valence electrons. The van der Waals surface area contributed by atoms with Crippen LogP contribution in [0.3, 0.4) is 0 Å². The number of amides is 1. The van der Waals surface area contributed by atoms with Crippen molar-refractivity contribution in [1.82, 2.24) is 10.3 Å². The summed E-state index contributed by atoms with van der Waals surface area (Å²) in [4.78, 5) is 30.2. The average Bonchev–Trinajstić information content (AvgIpc) is 2.76. The van der Waals surface area contributed by atoms with Crippen LogP contribution < -0.4 is 19.5 Å². The fourth-order valence-electron chi connectivity index (χ4n) is 2.71. The van der Waals surface area contributed by atoms with E-state index < -0.39 is 11.9 Å². The molecule has 1 amide bonds. The third-order valence-electron chi connectivity index (χ3n) is 4.29. The fourth-order valence-corrected chi connectivity index (χ4v) is 3.20. The molecule has 0 saturated heterocycles. The summed E-state index contributed by atoms with van der Waals surface area (Å²) in [5, 5.41) is 2.75. The molecule has 0 aliphatic rings. The Morgan fingerprint density at radius 2 is 1.61 bits per heavy atom. The van der Waals surface area contributed by atoms with E-state index in [2.05, 4.69) is 26.2 Å². The van der Waals surface area contributed by atoms with Crippen LogP contribution in [0, 0.1) is 5.92 Å². The van der Waals surface area contributed by atoms with E-state index in [0.717, 1.165) is 0 Å². The summed E-state index contributed by atoms with van der Waals surface area (Å²) >= 11 is 3.28. The molecule has 1 N–H and O–H groups in total. The van der Waals surface area contributed by atoms with E-state index in [4.69, 9.17) is 18.9 Å². The number of hydrogen-bond acceptors (Lipinski definition) is 7. The normalized spacial score (nSPS) is 11.7.